The number of benzene rings is 2. The van der Waals surface area contributed by atoms with Crippen LogP contribution in [0.1, 0.15) is 27.5 Å². The zero-order valence-electron chi connectivity index (χ0n) is 15.5. The van der Waals surface area contributed by atoms with Crippen molar-refractivity contribution in [2.75, 3.05) is 18.3 Å². The first-order valence-corrected chi connectivity index (χ1v) is 9.24. The number of oxazole rings is 1. The van der Waals surface area contributed by atoms with Gasteiger partial charge in [-0.05, 0) is 17.7 Å². The number of amides is 1. The maximum absolute atomic E-state index is 13.8. The van der Waals surface area contributed by atoms with E-state index in [4.69, 9.17) is 23.7 Å². The number of para-hydroxylation sites is 1. The molecule has 1 spiro atoms. The van der Waals surface area contributed by atoms with Gasteiger partial charge in [-0.25, -0.2) is 9.78 Å². The van der Waals surface area contributed by atoms with Crippen LogP contribution < -0.4 is 19.1 Å². The summed E-state index contributed by atoms with van der Waals surface area (Å²) < 4.78 is 22.1. The predicted molar refractivity (Wildman–Crippen MR) is 99.9 cm³/mol. The first-order valence-electron chi connectivity index (χ1n) is 9.24. The lowest BCUT2D eigenvalue weighted by Crippen LogP contribution is -2.42. The normalized spacial score (nSPS) is 20.4. The van der Waals surface area contributed by atoms with Crippen LogP contribution in [0, 0.1) is 0 Å². The lowest BCUT2D eigenvalue weighted by Gasteiger charge is -2.22. The quantitative estimate of drug-likeness (QED) is 0.706. The Morgan fingerprint density at radius 2 is 1.90 bits per heavy atom. The van der Waals surface area contributed by atoms with E-state index in [9.17, 15) is 9.59 Å². The number of nitrogens with zero attached hydrogens (tertiary/aromatic N) is 2. The third kappa shape index (κ3) is 2.08. The SMILES string of the molecule is O=C(O)c1coc(CN2C(=O)C3(COc4cc5c(cc43)OCO5)c3ccccc32)n1. The molecule has 6 rings (SSSR count). The van der Waals surface area contributed by atoms with Crippen molar-refractivity contribution >= 4 is 17.6 Å². The molecule has 30 heavy (non-hydrogen) atoms. The van der Waals surface area contributed by atoms with E-state index >= 15 is 0 Å². The molecule has 0 radical (unpaired) electrons. The number of carbonyl (C=O) groups is 2. The first kappa shape index (κ1) is 16.9. The molecule has 1 N–H and O–H groups in total. The molecule has 0 saturated carbocycles. The number of fused-ring (bicyclic) bond motifs is 5. The van der Waals surface area contributed by atoms with Crippen LogP contribution in [0.4, 0.5) is 5.69 Å². The lowest BCUT2D eigenvalue weighted by molar-refractivity contribution is -0.122. The number of carboxylic acids is 1. The first-order chi connectivity index (χ1) is 14.6. The van der Waals surface area contributed by atoms with Crippen LogP contribution in [0.5, 0.6) is 17.2 Å². The van der Waals surface area contributed by atoms with Crippen LogP contribution in [0.3, 0.4) is 0 Å². The van der Waals surface area contributed by atoms with Crippen LogP contribution in [0.2, 0.25) is 0 Å². The Hall–Kier alpha value is -4.01. The average molecular weight is 406 g/mol. The van der Waals surface area contributed by atoms with Gasteiger partial charge >= 0.3 is 5.97 Å². The Morgan fingerprint density at radius 1 is 1.10 bits per heavy atom. The van der Waals surface area contributed by atoms with Crippen molar-refractivity contribution in [3.63, 3.8) is 0 Å². The van der Waals surface area contributed by atoms with E-state index in [0.717, 1.165) is 11.8 Å². The van der Waals surface area contributed by atoms with Crippen LogP contribution in [0.25, 0.3) is 0 Å². The molecule has 9 nitrogen and oxygen atoms in total. The van der Waals surface area contributed by atoms with E-state index in [1.165, 1.54) is 0 Å². The molecule has 0 bridgehead atoms. The van der Waals surface area contributed by atoms with Gasteiger partial charge in [0.15, 0.2) is 17.2 Å². The monoisotopic (exact) mass is 406 g/mol. The van der Waals surface area contributed by atoms with Crippen molar-refractivity contribution in [1.29, 1.82) is 0 Å². The molecule has 1 aromatic heterocycles. The highest BCUT2D eigenvalue weighted by Gasteiger charge is 2.57. The highest BCUT2D eigenvalue weighted by atomic mass is 16.7. The molecule has 3 aromatic rings. The van der Waals surface area contributed by atoms with Gasteiger partial charge in [0.1, 0.15) is 30.6 Å². The molecular weight excluding hydrogens is 392 g/mol. The fourth-order valence-corrected chi connectivity index (χ4v) is 4.34. The van der Waals surface area contributed by atoms with Crippen LogP contribution in [-0.4, -0.2) is 35.4 Å². The van der Waals surface area contributed by atoms with E-state index in [1.807, 2.05) is 24.3 Å². The number of carbonyl (C=O) groups excluding carboxylic acids is 1. The van der Waals surface area contributed by atoms with Gasteiger partial charge in [0.25, 0.3) is 0 Å². The number of carboxylic acid groups (broad SMARTS) is 1. The number of aromatic nitrogens is 1. The average Bonchev–Trinajstić information content (AvgIpc) is 3.51. The molecule has 3 aliphatic heterocycles. The lowest BCUT2D eigenvalue weighted by atomic mass is 9.77. The van der Waals surface area contributed by atoms with E-state index in [1.54, 1.807) is 17.0 Å². The van der Waals surface area contributed by atoms with Crippen LogP contribution in [0.15, 0.2) is 47.1 Å². The summed E-state index contributed by atoms with van der Waals surface area (Å²) in [7, 11) is 0. The number of hydrogen-bond donors (Lipinski definition) is 1. The van der Waals surface area contributed by atoms with Crippen molar-refractivity contribution in [1.82, 2.24) is 4.98 Å². The summed E-state index contributed by atoms with van der Waals surface area (Å²) in [5, 5.41) is 9.08. The molecule has 3 aliphatic rings. The van der Waals surface area contributed by atoms with Gasteiger partial charge in [-0.3, -0.25) is 4.79 Å². The Kier molecular flexibility index (Phi) is 3.24. The van der Waals surface area contributed by atoms with Crippen molar-refractivity contribution < 1.29 is 33.3 Å². The van der Waals surface area contributed by atoms with Gasteiger partial charge in [0, 0.05) is 17.3 Å². The standard InChI is InChI=1S/C21H14N2O7/c24-19(25)13-8-27-18(22-13)7-23-14-4-2-1-3-11(14)21(20(23)26)9-28-15-6-17-16(5-12(15)21)29-10-30-17/h1-6,8H,7,9-10H2,(H,24,25). The van der Waals surface area contributed by atoms with Crippen molar-refractivity contribution in [3.05, 3.63) is 65.4 Å². The molecule has 0 fully saturated rings. The van der Waals surface area contributed by atoms with Gasteiger partial charge < -0.3 is 28.6 Å². The van der Waals surface area contributed by atoms with Crippen molar-refractivity contribution in [2.24, 2.45) is 0 Å². The molecule has 0 aliphatic carbocycles. The molecule has 1 unspecified atom stereocenters. The van der Waals surface area contributed by atoms with E-state index in [0.29, 0.717) is 28.5 Å². The number of aromatic carboxylic acids is 1. The zero-order valence-corrected chi connectivity index (χ0v) is 15.5. The molecule has 1 atom stereocenters. The van der Waals surface area contributed by atoms with Gasteiger partial charge in [0.05, 0.1) is 0 Å². The third-order valence-electron chi connectivity index (χ3n) is 5.71. The highest BCUT2D eigenvalue weighted by Crippen LogP contribution is 2.55. The minimum atomic E-state index is -1.19. The number of hydrogen-bond acceptors (Lipinski definition) is 7. The smallest absolute Gasteiger partial charge is 0.357 e. The van der Waals surface area contributed by atoms with Crippen molar-refractivity contribution in [3.8, 4) is 17.2 Å². The summed E-state index contributed by atoms with van der Waals surface area (Å²) in [5.41, 5.74) is 0.978. The van der Waals surface area contributed by atoms with Crippen LogP contribution in [-0.2, 0) is 16.8 Å². The maximum Gasteiger partial charge on any atom is 0.357 e. The Balaban J connectivity index is 1.47. The topological polar surface area (TPSA) is 111 Å². The summed E-state index contributed by atoms with van der Waals surface area (Å²) in [5.74, 6) is 0.481. The van der Waals surface area contributed by atoms with Crippen LogP contribution >= 0.6 is 0 Å². The summed E-state index contributed by atoms with van der Waals surface area (Å²) in [6, 6.07) is 11.0. The number of rotatable bonds is 3. The molecule has 1 amide bonds. The summed E-state index contributed by atoms with van der Waals surface area (Å²) in [6.45, 7) is 0.270. The van der Waals surface area contributed by atoms with E-state index in [2.05, 4.69) is 4.98 Å². The minimum Gasteiger partial charge on any atom is -0.491 e. The van der Waals surface area contributed by atoms with E-state index < -0.39 is 11.4 Å². The Bertz CT molecular complexity index is 1230. The predicted octanol–water partition coefficient (Wildman–Crippen LogP) is 2.33. The second kappa shape index (κ2) is 5.76. The highest BCUT2D eigenvalue weighted by molar-refractivity contribution is 6.11. The Morgan fingerprint density at radius 3 is 2.70 bits per heavy atom. The molecule has 9 heteroatoms. The summed E-state index contributed by atoms with van der Waals surface area (Å²) in [6.07, 6.45) is 1.06. The minimum absolute atomic E-state index is 0.00472. The van der Waals surface area contributed by atoms with Crippen molar-refractivity contribution in [2.45, 2.75) is 12.0 Å². The summed E-state index contributed by atoms with van der Waals surface area (Å²) >= 11 is 0. The molecule has 0 saturated heterocycles. The molecule has 2 aromatic carbocycles. The van der Waals surface area contributed by atoms with Gasteiger partial charge in [-0.15, -0.1) is 0 Å². The fourth-order valence-electron chi connectivity index (χ4n) is 4.34. The number of ether oxygens (including phenoxy) is 3. The Labute approximate surface area is 169 Å². The summed E-state index contributed by atoms with van der Waals surface area (Å²) in [4.78, 5) is 30.4. The third-order valence-corrected chi connectivity index (χ3v) is 5.71. The zero-order chi connectivity index (χ0) is 20.5. The largest absolute Gasteiger partial charge is 0.491 e. The molecule has 150 valence electrons. The van der Waals surface area contributed by atoms with Gasteiger partial charge in [-0.2, -0.15) is 0 Å². The molecule has 4 heterocycles. The number of anilines is 1. The molecular formula is C21H14N2O7. The van der Waals surface area contributed by atoms with E-state index in [-0.39, 0.29) is 37.4 Å². The fraction of sp³-hybridized carbons (Fsp3) is 0.190. The second-order valence-corrected chi connectivity index (χ2v) is 7.24. The van der Waals surface area contributed by atoms with Gasteiger partial charge in [0.2, 0.25) is 18.6 Å². The maximum atomic E-state index is 13.8. The van der Waals surface area contributed by atoms with Gasteiger partial charge in [-0.1, -0.05) is 18.2 Å². The second-order valence-electron chi connectivity index (χ2n) is 7.24.